The van der Waals surface area contributed by atoms with Gasteiger partial charge in [0.15, 0.2) is 0 Å². The molecule has 0 radical (unpaired) electrons. The number of anilines is 1. The minimum Gasteiger partial charge on any atom is -0.306 e. The van der Waals surface area contributed by atoms with E-state index < -0.39 is 0 Å². The number of nitrogens with zero attached hydrogens (tertiary/aromatic N) is 2. The van der Waals surface area contributed by atoms with Crippen molar-refractivity contribution in [2.45, 2.75) is 38.1 Å². The van der Waals surface area contributed by atoms with E-state index >= 15 is 0 Å². The Morgan fingerprint density at radius 1 is 1.32 bits per heavy atom. The van der Waals surface area contributed by atoms with Gasteiger partial charge in [0.2, 0.25) is 11.0 Å². The maximum absolute atomic E-state index is 12.1. The summed E-state index contributed by atoms with van der Waals surface area (Å²) in [5.41, 5.74) is 0.953. The molecule has 1 fully saturated rings. The zero-order chi connectivity index (χ0) is 15.6. The molecule has 3 rings (SSSR count). The van der Waals surface area contributed by atoms with Crippen molar-refractivity contribution < 1.29 is 4.79 Å². The first kappa shape index (κ1) is 15.1. The van der Waals surface area contributed by atoms with E-state index in [1.807, 2.05) is 18.2 Å². The Morgan fingerprint density at radius 3 is 2.77 bits per heavy atom. The van der Waals surface area contributed by atoms with E-state index in [1.165, 1.54) is 16.9 Å². The van der Waals surface area contributed by atoms with Crippen LogP contribution in [0.3, 0.4) is 0 Å². The van der Waals surface area contributed by atoms with Gasteiger partial charge in [0.1, 0.15) is 5.01 Å². The fraction of sp³-hybridized carbons (Fsp3) is 0.438. The Kier molecular flexibility index (Phi) is 4.22. The van der Waals surface area contributed by atoms with E-state index in [0.29, 0.717) is 5.13 Å². The third-order valence-corrected chi connectivity index (χ3v) is 5.22. The highest BCUT2D eigenvalue weighted by atomic mass is 32.1. The van der Waals surface area contributed by atoms with Gasteiger partial charge in [-0.25, -0.2) is 0 Å². The lowest BCUT2D eigenvalue weighted by Crippen LogP contribution is -2.35. The molecule has 6 heteroatoms. The summed E-state index contributed by atoms with van der Waals surface area (Å²) in [5.74, 6) is -0.0160. The molecule has 1 aliphatic rings. The van der Waals surface area contributed by atoms with Crippen molar-refractivity contribution in [2.24, 2.45) is 0 Å². The second-order valence-electron chi connectivity index (χ2n) is 6.04. The Balaban J connectivity index is 1.74. The van der Waals surface area contributed by atoms with Crippen molar-refractivity contribution in [3.05, 3.63) is 40.9 Å². The van der Waals surface area contributed by atoms with Crippen LogP contribution in [0.15, 0.2) is 30.3 Å². The number of nitrogens with one attached hydrogen (secondary N) is 2. The third-order valence-electron chi connectivity index (χ3n) is 4.06. The van der Waals surface area contributed by atoms with Crippen LogP contribution in [0.4, 0.5) is 5.13 Å². The van der Waals surface area contributed by atoms with Crippen LogP contribution in [0.1, 0.15) is 37.3 Å². The van der Waals surface area contributed by atoms with E-state index in [9.17, 15) is 4.79 Å². The van der Waals surface area contributed by atoms with Gasteiger partial charge in [0.05, 0.1) is 6.04 Å². The van der Waals surface area contributed by atoms with E-state index in [4.69, 9.17) is 0 Å². The first-order valence-electron chi connectivity index (χ1n) is 7.51. The maximum Gasteiger partial charge on any atom is 0.243 e. The molecule has 1 aromatic carbocycles. The molecule has 0 aliphatic carbocycles. The molecule has 1 amide bonds. The molecule has 116 valence electrons. The Bertz CT molecular complexity index is 647. The van der Waals surface area contributed by atoms with Crippen molar-refractivity contribution in [3.63, 3.8) is 0 Å². The molecular formula is C16H20N4OS. The smallest absolute Gasteiger partial charge is 0.243 e. The van der Waals surface area contributed by atoms with Gasteiger partial charge >= 0.3 is 0 Å². The molecule has 0 saturated carbocycles. The third kappa shape index (κ3) is 3.03. The lowest BCUT2D eigenvalue weighted by Gasteiger charge is -2.21. The molecule has 1 atom stereocenters. The molecular weight excluding hydrogens is 296 g/mol. The zero-order valence-corrected chi connectivity index (χ0v) is 13.6. The van der Waals surface area contributed by atoms with Crippen LogP contribution in [-0.2, 0) is 10.2 Å². The Morgan fingerprint density at radius 2 is 2.09 bits per heavy atom. The van der Waals surface area contributed by atoms with E-state index in [-0.39, 0.29) is 17.4 Å². The fourth-order valence-electron chi connectivity index (χ4n) is 2.61. The van der Waals surface area contributed by atoms with Gasteiger partial charge in [0.25, 0.3) is 0 Å². The number of rotatable bonds is 4. The Labute approximate surface area is 134 Å². The van der Waals surface area contributed by atoms with Crippen LogP contribution in [0, 0.1) is 0 Å². The molecule has 0 bridgehead atoms. The first-order chi connectivity index (χ1) is 10.6. The molecule has 1 saturated heterocycles. The number of amides is 1. The molecule has 2 aromatic rings. The van der Waals surface area contributed by atoms with Gasteiger partial charge in [0, 0.05) is 5.41 Å². The van der Waals surface area contributed by atoms with Crippen LogP contribution in [-0.4, -0.2) is 28.7 Å². The van der Waals surface area contributed by atoms with Crippen LogP contribution in [0.25, 0.3) is 0 Å². The van der Waals surface area contributed by atoms with Crippen LogP contribution >= 0.6 is 11.3 Å². The summed E-state index contributed by atoms with van der Waals surface area (Å²) < 4.78 is 0. The SMILES string of the molecule is CC(C)(c1ccccc1)c1nnc(NC(=O)C2CCCN2)s1. The van der Waals surface area contributed by atoms with Gasteiger partial charge in [-0.2, -0.15) is 0 Å². The van der Waals surface area contributed by atoms with Crippen molar-refractivity contribution >= 4 is 22.4 Å². The van der Waals surface area contributed by atoms with E-state index in [2.05, 4.69) is 46.8 Å². The molecule has 2 N–H and O–H groups in total. The average Bonchev–Trinajstić information content (AvgIpc) is 3.19. The maximum atomic E-state index is 12.1. The molecule has 0 spiro atoms. The summed E-state index contributed by atoms with van der Waals surface area (Å²) in [7, 11) is 0. The number of hydrogen-bond donors (Lipinski definition) is 2. The molecule has 2 heterocycles. The number of aromatic nitrogens is 2. The zero-order valence-electron chi connectivity index (χ0n) is 12.8. The summed E-state index contributed by atoms with van der Waals surface area (Å²) in [5, 5.41) is 15.9. The fourth-order valence-corrected chi connectivity index (χ4v) is 3.48. The Hall–Kier alpha value is -1.79. The van der Waals surface area contributed by atoms with Crippen LogP contribution < -0.4 is 10.6 Å². The van der Waals surface area contributed by atoms with Crippen molar-refractivity contribution in [3.8, 4) is 0 Å². The van der Waals surface area contributed by atoms with E-state index in [0.717, 1.165) is 24.4 Å². The average molecular weight is 316 g/mol. The number of hydrogen-bond acceptors (Lipinski definition) is 5. The molecule has 22 heavy (non-hydrogen) atoms. The van der Waals surface area contributed by atoms with Gasteiger partial charge in [-0.3, -0.25) is 10.1 Å². The largest absolute Gasteiger partial charge is 0.306 e. The second-order valence-corrected chi connectivity index (χ2v) is 7.02. The molecule has 1 unspecified atom stereocenters. The molecule has 5 nitrogen and oxygen atoms in total. The van der Waals surface area contributed by atoms with Gasteiger partial charge in [-0.1, -0.05) is 41.7 Å². The van der Waals surface area contributed by atoms with Gasteiger partial charge < -0.3 is 5.32 Å². The van der Waals surface area contributed by atoms with Gasteiger partial charge in [-0.05, 0) is 38.8 Å². The number of carbonyl (C=O) groups excluding carboxylic acids is 1. The quantitative estimate of drug-likeness (QED) is 0.910. The lowest BCUT2D eigenvalue weighted by atomic mass is 9.85. The predicted molar refractivity (Wildman–Crippen MR) is 88.1 cm³/mol. The normalized spacial score (nSPS) is 18.4. The number of carbonyl (C=O) groups is 1. The second kappa shape index (κ2) is 6.14. The summed E-state index contributed by atoms with van der Waals surface area (Å²) in [4.78, 5) is 12.1. The summed E-state index contributed by atoms with van der Waals surface area (Å²) in [6, 6.07) is 10.1. The summed E-state index contributed by atoms with van der Waals surface area (Å²) >= 11 is 1.44. The van der Waals surface area contributed by atoms with Gasteiger partial charge in [-0.15, -0.1) is 10.2 Å². The van der Waals surface area contributed by atoms with Crippen molar-refractivity contribution in [2.75, 3.05) is 11.9 Å². The summed E-state index contributed by atoms with van der Waals surface area (Å²) in [6.07, 6.45) is 1.92. The summed E-state index contributed by atoms with van der Waals surface area (Å²) in [6.45, 7) is 5.14. The van der Waals surface area contributed by atoms with Crippen LogP contribution in [0.2, 0.25) is 0 Å². The van der Waals surface area contributed by atoms with Crippen molar-refractivity contribution in [1.82, 2.24) is 15.5 Å². The highest BCUT2D eigenvalue weighted by molar-refractivity contribution is 7.15. The molecule has 1 aliphatic heterocycles. The van der Waals surface area contributed by atoms with E-state index in [1.54, 1.807) is 0 Å². The molecule has 1 aromatic heterocycles. The monoisotopic (exact) mass is 316 g/mol. The predicted octanol–water partition coefficient (Wildman–Crippen LogP) is 2.55. The standard InChI is InChI=1S/C16H20N4OS/c1-16(2,11-7-4-3-5-8-11)14-19-20-15(22-14)18-13(21)12-9-6-10-17-12/h3-5,7-8,12,17H,6,9-10H2,1-2H3,(H,18,20,21). The highest BCUT2D eigenvalue weighted by Gasteiger charge is 2.28. The van der Waals surface area contributed by atoms with Crippen LogP contribution in [0.5, 0.6) is 0 Å². The topological polar surface area (TPSA) is 66.9 Å². The first-order valence-corrected chi connectivity index (χ1v) is 8.33. The highest BCUT2D eigenvalue weighted by Crippen LogP contribution is 2.34. The lowest BCUT2D eigenvalue weighted by molar-refractivity contribution is -0.117. The van der Waals surface area contributed by atoms with Crippen molar-refractivity contribution in [1.29, 1.82) is 0 Å². The minimum absolute atomic E-state index is 0.0160. The number of benzene rings is 1. The minimum atomic E-state index is -0.229.